The Kier molecular flexibility index (Phi) is 9.82. The average Bonchev–Trinajstić information content (AvgIpc) is 2.83. The van der Waals surface area contributed by atoms with Crippen molar-refractivity contribution in [1.82, 2.24) is 10.2 Å². The predicted octanol–water partition coefficient (Wildman–Crippen LogP) is 6.36. The van der Waals surface area contributed by atoms with Gasteiger partial charge < -0.3 is 10.2 Å². The molecule has 3 rings (SSSR count). The molecule has 7 heteroatoms. The number of rotatable bonds is 10. The molecule has 0 saturated heterocycles. The van der Waals surface area contributed by atoms with Gasteiger partial charge in [-0.15, -0.1) is 0 Å². The minimum atomic E-state index is -0.719. The lowest BCUT2D eigenvalue weighted by molar-refractivity contribution is -0.140. The first kappa shape index (κ1) is 26.1. The number of amides is 2. The second kappa shape index (κ2) is 12.8. The van der Waals surface area contributed by atoms with Crippen LogP contribution in [0.2, 0.25) is 15.1 Å². The average molecular weight is 518 g/mol. The van der Waals surface area contributed by atoms with E-state index in [0.717, 1.165) is 17.5 Å². The van der Waals surface area contributed by atoms with Gasteiger partial charge in [-0.1, -0.05) is 96.3 Å². The zero-order valence-electron chi connectivity index (χ0n) is 18.9. The third kappa shape index (κ3) is 7.23. The van der Waals surface area contributed by atoms with E-state index < -0.39 is 6.04 Å². The van der Waals surface area contributed by atoms with Crippen molar-refractivity contribution in [2.24, 2.45) is 0 Å². The molecule has 0 aromatic heterocycles. The van der Waals surface area contributed by atoms with Crippen LogP contribution in [0.5, 0.6) is 0 Å². The molecule has 178 valence electrons. The molecule has 0 aliphatic carbocycles. The molecule has 3 aromatic rings. The highest BCUT2D eigenvalue weighted by Crippen LogP contribution is 2.25. The van der Waals surface area contributed by atoms with Crippen LogP contribution < -0.4 is 5.32 Å². The Morgan fingerprint density at radius 3 is 2.26 bits per heavy atom. The first-order chi connectivity index (χ1) is 16.4. The van der Waals surface area contributed by atoms with Crippen LogP contribution in [0.4, 0.5) is 0 Å². The summed E-state index contributed by atoms with van der Waals surface area (Å²) in [6, 6.07) is 21.3. The number of halogens is 3. The topological polar surface area (TPSA) is 49.4 Å². The third-order valence-electron chi connectivity index (χ3n) is 5.48. The number of nitrogens with one attached hydrogen (secondary N) is 1. The highest BCUT2D eigenvalue weighted by Gasteiger charge is 2.31. The molecule has 0 aliphatic rings. The van der Waals surface area contributed by atoms with Gasteiger partial charge in [0.25, 0.3) is 0 Å². The summed E-state index contributed by atoms with van der Waals surface area (Å²) in [7, 11) is 0. The molecule has 0 spiro atoms. The minimum absolute atomic E-state index is 0.0345. The fraction of sp³-hybridized carbons (Fsp3) is 0.259. The fourth-order valence-corrected chi connectivity index (χ4v) is 4.33. The van der Waals surface area contributed by atoms with Gasteiger partial charge in [-0.05, 0) is 41.3 Å². The zero-order chi connectivity index (χ0) is 24.5. The van der Waals surface area contributed by atoms with Crippen molar-refractivity contribution < 1.29 is 9.59 Å². The highest BCUT2D eigenvalue weighted by molar-refractivity contribution is 6.35. The van der Waals surface area contributed by atoms with E-state index in [4.69, 9.17) is 34.8 Å². The van der Waals surface area contributed by atoms with Crippen molar-refractivity contribution >= 4 is 46.6 Å². The maximum Gasteiger partial charge on any atom is 0.243 e. The van der Waals surface area contributed by atoms with Gasteiger partial charge in [0.05, 0.1) is 6.42 Å². The molecule has 0 heterocycles. The molecular formula is C27H27Cl3N2O2. The fourth-order valence-electron chi connectivity index (χ4n) is 3.66. The summed E-state index contributed by atoms with van der Waals surface area (Å²) in [4.78, 5) is 28.6. The van der Waals surface area contributed by atoms with Gasteiger partial charge in [0.15, 0.2) is 0 Å². The van der Waals surface area contributed by atoms with Crippen LogP contribution in [-0.2, 0) is 29.0 Å². The van der Waals surface area contributed by atoms with E-state index in [9.17, 15) is 9.59 Å². The van der Waals surface area contributed by atoms with E-state index >= 15 is 0 Å². The number of benzene rings is 3. The largest absolute Gasteiger partial charge is 0.354 e. The smallest absolute Gasteiger partial charge is 0.243 e. The second-order valence-electron chi connectivity index (χ2n) is 8.02. The Bertz CT molecular complexity index is 1120. The van der Waals surface area contributed by atoms with E-state index in [0.29, 0.717) is 33.6 Å². The van der Waals surface area contributed by atoms with E-state index in [1.54, 1.807) is 29.2 Å². The second-order valence-corrected chi connectivity index (χ2v) is 9.27. The van der Waals surface area contributed by atoms with E-state index in [2.05, 4.69) is 5.32 Å². The molecule has 0 radical (unpaired) electrons. The summed E-state index contributed by atoms with van der Waals surface area (Å²) in [5, 5.41) is 4.41. The molecule has 0 saturated carbocycles. The van der Waals surface area contributed by atoms with Gasteiger partial charge >= 0.3 is 0 Å². The van der Waals surface area contributed by atoms with Crippen LogP contribution in [-0.4, -0.2) is 29.3 Å². The minimum Gasteiger partial charge on any atom is -0.354 e. The third-order valence-corrected chi connectivity index (χ3v) is 6.43. The molecule has 1 atom stereocenters. The summed E-state index contributed by atoms with van der Waals surface area (Å²) < 4.78 is 0. The van der Waals surface area contributed by atoms with E-state index in [-0.39, 0.29) is 24.8 Å². The number of carbonyl (C=O) groups is 2. The molecule has 0 aliphatic heterocycles. The standard InChI is InChI=1S/C27H27Cl3N2O2/c1-2-14-31-27(34)25(15-19-8-4-3-5-9-19)32(18-21-10-6-7-11-23(21)29)26(33)16-20-12-13-22(28)17-24(20)30/h3-13,17,25H,2,14-16,18H2,1H3,(H,31,34)/t25-/m1/s1. The Morgan fingerprint density at radius 2 is 1.59 bits per heavy atom. The molecule has 3 aromatic carbocycles. The van der Waals surface area contributed by atoms with Crippen molar-refractivity contribution in [2.45, 2.75) is 38.8 Å². The molecule has 0 unspecified atom stereocenters. The van der Waals surface area contributed by atoms with Crippen LogP contribution in [0.3, 0.4) is 0 Å². The predicted molar refractivity (Wildman–Crippen MR) is 139 cm³/mol. The summed E-state index contributed by atoms with van der Waals surface area (Å²) in [6.07, 6.45) is 1.20. The Labute approximate surface area is 215 Å². The first-order valence-corrected chi connectivity index (χ1v) is 12.3. The van der Waals surface area contributed by atoms with E-state index in [1.165, 1.54) is 0 Å². The summed E-state index contributed by atoms with van der Waals surface area (Å²) in [5.41, 5.74) is 2.37. The van der Waals surface area contributed by atoms with Crippen LogP contribution in [0.1, 0.15) is 30.0 Å². The molecule has 0 fully saturated rings. The molecular weight excluding hydrogens is 491 g/mol. The number of hydrogen-bond donors (Lipinski definition) is 1. The summed E-state index contributed by atoms with van der Waals surface area (Å²) >= 11 is 18.8. The van der Waals surface area contributed by atoms with Gasteiger partial charge in [0, 0.05) is 34.6 Å². The van der Waals surface area contributed by atoms with Crippen LogP contribution in [0.15, 0.2) is 72.8 Å². The van der Waals surface area contributed by atoms with Crippen molar-refractivity contribution in [3.05, 3.63) is 105 Å². The van der Waals surface area contributed by atoms with Crippen LogP contribution in [0.25, 0.3) is 0 Å². The van der Waals surface area contributed by atoms with Crippen molar-refractivity contribution in [1.29, 1.82) is 0 Å². The normalized spacial score (nSPS) is 11.6. The van der Waals surface area contributed by atoms with Gasteiger partial charge in [0.2, 0.25) is 11.8 Å². The maximum atomic E-state index is 13.7. The lowest BCUT2D eigenvalue weighted by atomic mass is 10.0. The SMILES string of the molecule is CCCNC(=O)[C@@H](Cc1ccccc1)N(Cc1ccccc1Cl)C(=O)Cc1ccc(Cl)cc1Cl. The number of carbonyl (C=O) groups excluding carboxylic acids is 2. The quantitative estimate of drug-likeness (QED) is 0.340. The number of nitrogens with zero attached hydrogens (tertiary/aromatic N) is 1. The summed E-state index contributed by atoms with van der Waals surface area (Å²) in [5.74, 6) is -0.426. The van der Waals surface area contributed by atoms with Crippen molar-refractivity contribution in [2.75, 3.05) is 6.54 Å². The molecule has 0 bridgehead atoms. The van der Waals surface area contributed by atoms with Gasteiger partial charge in [0.1, 0.15) is 6.04 Å². The maximum absolute atomic E-state index is 13.7. The van der Waals surface area contributed by atoms with Crippen molar-refractivity contribution in [3.8, 4) is 0 Å². The first-order valence-electron chi connectivity index (χ1n) is 11.2. The Balaban J connectivity index is 1.98. The van der Waals surface area contributed by atoms with Crippen LogP contribution in [0, 0.1) is 0 Å². The Morgan fingerprint density at radius 1 is 0.882 bits per heavy atom. The monoisotopic (exact) mass is 516 g/mol. The lowest BCUT2D eigenvalue weighted by Gasteiger charge is -2.32. The Hall–Kier alpha value is -2.53. The molecule has 4 nitrogen and oxygen atoms in total. The lowest BCUT2D eigenvalue weighted by Crippen LogP contribution is -2.51. The van der Waals surface area contributed by atoms with Crippen LogP contribution >= 0.6 is 34.8 Å². The van der Waals surface area contributed by atoms with Gasteiger partial charge in [-0.25, -0.2) is 0 Å². The van der Waals surface area contributed by atoms with Gasteiger partial charge in [-0.2, -0.15) is 0 Å². The van der Waals surface area contributed by atoms with Crippen molar-refractivity contribution in [3.63, 3.8) is 0 Å². The molecule has 34 heavy (non-hydrogen) atoms. The van der Waals surface area contributed by atoms with Gasteiger partial charge in [-0.3, -0.25) is 9.59 Å². The number of hydrogen-bond acceptors (Lipinski definition) is 2. The molecule has 1 N–H and O–H groups in total. The zero-order valence-corrected chi connectivity index (χ0v) is 21.2. The summed E-state index contributed by atoms with van der Waals surface area (Å²) in [6.45, 7) is 2.71. The van der Waals surface area contributed by atoms with E-state index in [1.807, 2.05) is 55.5 Å². The highest BCUT2D eigenvalue weighted by atomic mass is 35.5. The molecule has 2 amide bonds.